The number of anilines is 3. The van der Waals surface area contributed by atoms with Gasteiger partial charge in [-0.15, -0.1) is 0 Å². The summed E-state index contributed by atoms with van der Waals surface area (Å²) in [6.07, 6.45) is 2.36. The van der Waals surface area contributed by atoms with Gasteiger partial charge in [0.25, 0.3) is 0 Å². The van der Waals surface area contributed by atoms with Gasteiger partial charge in [0, 0.05) is 24.8 Å². The Morgan fingerprint density at radius 1 is 1.24 bits per heavy atom. The van der Waals surface area contributed by atoms with Crippen molar-refractivity contribution in [2.24, 2.45) is 5.92 Å². The predicted molar refractivity (Wildman–Crippen MR) is 98.4 cm³/mol. The van der Waals surface area contributed by atoms with Crippen LogP contribution < -0.4 is 10.2 Å². The van der Waals surface area contributed by atoms with E-state index in [2.05, 4.69) is 27.1 Å². The minimum atomic E-state index is -0.388. The summed E-state index contributed by atoms with van der Waals surface area (Å²) < 4.78 is 4.84. The number of carbonyl (C=O) groups excluding carboxylic acids is 1. The molecule has 1 saturated heterocycles. The lowest BCUT2D eigenvalue weighted by molar-refractivity contribution is 0.0602. The van der Waals surface area contributed by atoms with E-state index in [1.165, 1.54) is 20.0 Å². The van der Waals surface area contributed by atoms with Crippen LogP contribution >= 0.6 is 0 Å². The Morgan fingerprint density at radius 2 is 1.96 bits per heavy atom. The summed E-state index contributed by atoms with van der Waals surface area (Å²) in [7, 11) is 1.37. The van der Waals surface area contributed by atoms with Crippen LogP contribution in [0.5, 0.6) is 0 Å². The fraction of sp³-hybridized carbons (Fsp3) is 0.421. The number of rotatable bonds is 4. The Bertz CT molecular complexity index is 755. The first-order valence-electron chi connectivity index (χ1n) is 8.62. The fourth-order valence-electron chi connectivity index (χ4n) is 3.01. The molecular formula is C19H24N4O2. The number of esters is 1. The molecule has 0 unspecified atom stereocenters. The first-order chi connectivity index (χ1) is 12.1. The number of nitrogens with zero attached hydrogens (tertiary/aromatic N) is 3. The maximum Gasteiger partial charge on any atom is 0.339 e. The van der Waals surface area contributed by atoms with E-state index in [-0.39, 0.29) is 5.97 Å². The van der Waals surface area contributed by atoms with Crippen LogP contribution in [-0.2, 0) is 4.74 Å². The van der Waals surface area contributed by atoms with Gasteiger partial charge in [-0.05, 0) is 37.8 Å². The Morgan fingerprint density at radius 3 is 2.68 bits per heavy atom. The van der Waals surface area contributed by atoms with Gasteiger partial charge in [0.1, 0.15) is 5.82 Å². The third-order valence-corrected chi connectivity index (χ3v) is 4.53. The summed E-state index contributed by atoms with van der Waals surface area (Å²) in [5.74, 6) is 1.80. The van der Waals surface area contributed by atoms with Crippen molar-refractivity contribution in [3.8, 4) is 0 Å². The van der Waals surface area contributed by atoms with Gasteiger partial charge in [-0.3, -0.25) is 0 Å². The molecular weight excluding hydrogens is 316 g/mol. The van der Waals surface area contributed by atoms with Crippen molar-refractivity contribution in [1.29, 1.82) is 0 Å². The molecule has 0 aliphatic carbocycles. The minimum Gasteiger partial charge on any atom is -0.465 e. The molecule has 0 saturated carbocycles. The number of piperidine rings is 1. The zero-order chi connectivity index (χ0) is 17.8. The van der Waals surface area contributed by atoms with Gasteiger partial charge < -0.3 is 15.0 Å². The molecule has 1 N–H and O–H groups in total. The van der Waals surface area contributed by atoms with E-state index < -0.39 is 0 Å². The summed E-state index contributed by atoms with van der Waals surface area (Å²) >= 11 is 0. The molecule has 3 rings (SSSR count). The van der Waals surface area contributed by atoms with E-state index in [1.54, 1.807) is 12.1 Å². The smallest absolute Gasteiger partial charge is 0.339 e. The number of aromatic nitrogens is 2. The SMILES string of the molecule is COC(=O)c1ccccc1Nc1nc(C)cc(N2CCC(C)CC2)n1. The number of aryl methyl sites for hydroxylation is 1. The van der Waals surface area contributed by atoms with E-state index >= 15 is 0 Å². The third kappa shape index (κ3) is 4.07. The second-order valence-electron chi connectivity index (χ2n) is 6.52. The van der Waals surface area contributed by atoms with Crippen LogP contribution in [0.2, 0.25) is 0 Å². The number of hydrogen-bond acceptors (Lipinski definition) is 6. The molecule has 6 nitrogen and oxygen atoms in total. The van der Waals surface area contributed by atoms with Gasteiger partial charge >= 0.3 is 5.97 Å². The molecule has 1 aliphatic heterocycles. The molecule has 0 amide bonds. The lowest BCUT2D eigenvalue weighted by Gasteiger charge is -2.31. The molecule has 2 heterocycles. The van der Waals surface area contributed by atoms with Crippen molar-refractivity contribution in [3.05, 3.63) is 41.6 Å². The van der Waals surface area contributed by atoms with Crippen molar-refractivity contribution in [2.45, 2.75) is 26.7 Å². The molecule has 0 bridgehead atoms. The van der Waals surface area contributed by atoms with Gasteiger partial charge in [0.2, 0.25) is 5.95 Å². The molecule has 2 aromatic rings. The van der Waals surface area contributed by atoms with Gasteiger partial charge in [0.15, 0.2) is 0 Å². The lowest BCUT2D eigenvalue weighted by Crippen LogP contribution is -2.33. The second-order valence-corrected chi connectivity index (χ2v) is 6.52. The standard InChI is InChI=1S/C19H24N4O2/c1-13-8-10-23(11-9-13)17-12-14(2)20-19(22-17)21-16-7-5-4-6-15(16)18(24)25-3/h4-7,12-13H,8-11H2,1-3H3,(H,20,21,22). The molecule has 1 fully saturated rings. The van der Waals surface area contributed by atoms with E-state index in [4.69, 9.17) is 4.74 Å². The van der Waals surface area contributed by atoms with Crippen LogP contribution in [0, 0.1) is 12.8 Å². The largest absolute Gasteiger partial charge is 0.465 e. The number of carbonyl (C=O) groups is 1. The number of methoxy groups -OCH3 is 1. The molecule has 6 heteroatoms. The molecule has 1 aromatic carbocycles. The first kappa shape index (κ1) is 17.2. The number of benzene rings is 1. The fourth-order valence-corrected chi connectivity index (χ4v) is 3.01. The van der Waals surface area contributed by atoms with E-state index in [0.29, 0.717) is 17.2 Å². The monoisotopic (exact) mass is 340 g/mol. The normalized spacial score (nSPS) is 15.1. The summed E-state index contributed by atoms with van der Waals surface area (Å²) in [5, 5.41) is 3.17. The zero-order valence-electron chi connectivity index (χ0n) is 15.0. The third-order valence-electron chi connectivity index (χ3n) is 4.53. The van der Waals surface area contributed by atoms with Crippen molar-refractivity contribution >= 4 is 23.4 Å². The van der Waals surface area contributed by atoms with Crippen molar-refractivity contribution in [3.63, 3.8) is 0 Å². The second kappa shape index (κ2) is 7.51. The average molecular weight is 340 g/mol. The van der Waals surface area contributed by atoms with E-state index in [0.717, 1.165) is 30.5 Å². The average Bonchev–Trinajstić information content (AvgIpc) is 2.61. The summed E-state index contributed by atoms with van der Waals surface area (Å²) in [6, 6.07) is 9.21. The van der Waals surface area contributed by atoms with Crippen molar-refractivity contribution in [1.82, 2.24) is 9.97 Å². The maximum atomic E-state index is 11.9. The molecule has 132 valence electrons. The maximum absolute atomic E-state index is 11.9. The van der Waals surface area contributed by atoms with E-state index in [9.17, 15) is 4.79 Å². The van der Waals surface area contributed by atoms with Crippen LogP contribution in [0.4, 0.5) is 17.5 Å². The summed E-state index contributed by atoms with van der Waals surface area (Å²) in [6.45, 7) is 6.26. The van der Waals surface area contributed by atoms with Crippen LogP contribution in [-0.4, -0.2) is 36.1 Å². The number of nitrogens with one attached hydrogen (secondary N) is 1. The zero-order valence-corrected chi connectivity index (χ0v) is 15.0. The molecule has 0 radical (unpaired) electrons. The van der Waals surface area contributed by atoms with Gasteiger partial charge in [-0.25, -0.2) is 9.78 Å². The van der Waals surface area contributed by atoms with Crippen molar-refractivity contribution < 1.29 is 9.53 Å². The summed E-state index contributed by atoms with van der Waals surface area (Å²) in [5.41, 5.74) is 1.99. The Balaban J connectivity index is 1.85. The Kier molecular flexibility index (Phi) is 5.16. The topological polar surface area (TPSA) is 67.3 Å². The Labute approximate surface area is 148 Å². The van der Waals surface area contributed by atoms with Crippen LogP contribution in [0.25, 0.3) is 0 Å². The minimum absolute atomic E-state index is 0.388. The highest BCUT2D eigenvalue weighted by Crippen LogP contribution is 2.25. The van der Waals surface area contributed by atoms with Crippen LogP contribution in [0.15, 0.2) is 30.3 Å². The highest BCUT2D eigenvalue weighted by molar-refractivity contribution is 5.96. The van der Waals surface area contributed by atoms with Crippen LogP contribution in [0.3, 0.4) is 0 Å². The number of ether oxygens (including phenoxy) is 1. The summed E-state index contributed by atoms with van der Waals surface area (Å²) in [4.78, 5) is 23.3. The quantitative estimate of drug-likeness (QED) is 0.859. The van der Waals surface area contributed by atoms with Gasteiger partial charge in [-0.2, -0.15) is 4.98 Å². The highest BCUT2D eigenvalue weighted by Gasteiger charge is 2.18. The first-order valence-corrected chi connectivity index (χ1v) is 8.62. The highest BCUT2D eigenvalue weighted by atomic mass is 16.5. The lowest BCUT2D eigenvalue weighted by atomic mass is 9.99. The predicted octanol–water partition coefficient (Wildman–Crippen LogP) is 3.55. The molecule has 25 heavy (non-hydrogen) atoms. The molecule has 1 aromatic heterocycles. The van der Waals surface area contributed by atoms with Gasteiger partial charge in [-0.1, -0.05) is 19.1 Å². The van der Waals surface area contributed by atoms with Crippen molar-refractivity contribution in [2.75, 3.05) is 30.4 Å². The van der Waals surface area contributed by atoms with E-state index in [1.807, 2.05) is 25.1 Å². The number of para-hydroxylation sites is 1. The molecule has 0 atom stereocenters. The molecule has 1 aliphatic rings. The van der Waals surface area contributed by atoms with Crippen LogP contribution in [0.1, 0.15) is 35.8 Å². The van der Waals surface area contributed by atoms with Gasteiger partial charge in [0.05, 0.1) is 18.4 Å². The molecule has 0 spiro atoms. The Hall–Kier alpha value is -2.63. The number of hydrogen-bond donors (Lipinski definition) is 1.